The number of ketones is 1. The number of carbonyl (C=O) groups excluding carboxylic acids is 2. The van der Waals surface area contributed by atoms with Gasteiger partial charge in [0, 0.05) is 17.8 Å². The van der Waals surface area contributed by atoms with E-state index in [9.17, 15) is 14.7 Å². The van der Waals surface area contributed by atoms with E-state index in [2.05, 4.69) is 13.8 Å². The van der Waals surface area contributed by atoms with E-state index in [4.69, 9.17) is 25.8 Å². The first kappa shape index (κ1) is 27.1. The second kappa shape index (κ2) is 11.2. The molecule has 3 aromatic rings. The third-order valence-corrected chi connectivity index (χ3v) is 6.79. The van der Waals surface area contributed by atoms with Gasteiger partial charge in [-0.05, 0) is 42.2 Å². The van der Waals surface area contributed by atoms with E-state index in [1.165, 1.54) is 31.3 Å². The summed E-state index contributed by atoms with van der Waals surface area (Å²) in [6.07, 6.45) is 0. The number of methoxy groups -OCH3 is 2. The Balaban J connectivity index is 1.96. The molecule has 198 valence electrons. The van der Waals surface area contributed by atoms with Crippen LogP contribution in [0.25, 0.3) is 5.76 Å². The van der Waals surface area contributed by atoms with Gasteiger partial charge >= 0.3 is 0 Å². The van der Waals surface area contributed by atoms with Crippen molar-refractivity contribution in [3.8, 4) is 17.2 Å². The normalized spacial score (nSPS) is 16.7. The van der Waals surface area contributed by atoms with Crippen molar-refractivity contribution in [1.29, 1.82) is 0 Å². The minimum Gasteiger partial charge on any atom is -0.507 e. The molecule has 38 heavy (non-hydrogen) atoms. The molecule has 1 aliphatic rings. The van der Waals surface area contributed by atoms with Crippen molar-refractivity contribution in [3.63, 3.8) is 0 Å². The minimum atomic E-state index is -0.904. The molecular weight excluding hydrogens is 506 g/mol. The van der Waals surface area contributed by atoms with Gasteiger partial charge in [-0.2, -0.15) is 0 Å². The number of carbonyl (C=O) groups is 2. The van der Waals surface area contributed by atoms with Crippen LogP contribution in [0.2, 0.25) is 5.02 Å². The third-order valence-electron chi connectivity index (χ3n) is 6.50. The first-order chi connectivity index (χ1) is 18.2. The molecule has 4 rings (SSSR count). The first-order valence-electron chi connectivity index (χ1n) is 12.3. The first-order valence-corrected chi connectivity index (χ1v) is 12.6. The molecular formula is C30H30ClNO6. The van der Waals surface area contributed by atoms with Gasteiger partial charge in [-0.25, -0.2) is 0 Å². The average molecular weight is 536 g/mol. The second-order valence-electron chi connectivity index (χ2n) is 9.11. The monoisotopic (exact) mass is 535 g/mol. The van der Waals surface area contributed by atoms with Crippen LogP contribution in [-0.2, 0) is 9.59 Å². The fraction of sp³-hybridized carbons (Fsp3) is 0.267. The SMILES string of the molecule is CCOc1cccc(N2C(=O)C(=O)/C(=C(/O)c3cc(Cl)c(OC)cc3OC)C2c2ccc(C(C)C)cc2)c1. The van der Waals surface area contributed by atoms with E-state index in [1.807, 2.05) is 31.2 Å². The molecule has 1 heterocycles. The quantitative estimate of drug-likeness (QED) is 0.201. The highest BCUT2D eigenvalue weighted by Gasteiger charge is 2.47. The Labute approximate surface area is 227 Å². The third kappa shape index (κ3) is 4.94. The molecule has 0 aliphatic carbocycles. The van der Waals surface area contributed by atoms with Gasteiger partial charge in [-0.3, -0.25) is 14.5 Å². The van der Waals surface area contributed by atoms with Crippen LogP contribution < -0.4 is 19.1 Å². The number of aliphatic hydroxyl groups excluding tert-OH is 1. The summed E-state index contributed by atoms with van der Waals surface area (Å²) in [7, 11) is 2.89. The molecule has 3 aromatic carbocycles. The summed E-state index contributed by atoms with van der Waals surface area (Å²) in [4.78, 5) is 28.4. The largest absolute Gasteiger partial charge is 0.507 e. The second-order valence-corrected chi connectivity index (χ2v) is 9.52. The summed E-state index contributed by atoms with van der Waals surface area (Å²) < 4.78 is 16.4. The lowest BCUT2D eigenvalue weighted by atomic mass is 9.93. The number of hydrogen-bond donors (Lipinski definition) is 1. The van der Waals surface area contributed by atoms with Crippen LogP contribution in [0.5, 0.6) is 17.2 Å². The van der Waals surface area contributed by atoms with E-state index in [0.717, 1.165) is 5.56 Å². The molecule has 1 unspecified atom stereocenters. The standard InChI is InChI=1S/C30H30ClNO6/c1-6-38-21-9-7-8-20(14-21)32-27(19-12-10-18(11-13-19)17(2)3)26(29(34)30(32)35)28(33)22-15-23(31)25(37-5)16-24(22)36-4/h7-17,27,33H,6H2,1-5H3/b28-26+. The van der Waals surface area contributed by atoms with Crippen LogP contribution >= 0.6 is 11.6 Å². The van der Waals surface area contributed by atoms with Crippen LogP contribution in [0.1, 0.15) is 49.4 Å². The van der Waals surface area contributed by atoms with Crippen molar-refractivity contribution in [3.05, 3.63) is 87.9 Å². The lowest BCUT2D eigenvalue weighted by Crippen LogP contribution is -2.29. The molecule has 0 aromatic heterocycles. The van der Waals surface area contributed by atoms with Gasteiger partial charge < -0.3 is 19.3 Å². The number of aliphatic hydroxyl groups is 1. The molecule has 1 fully saturated rings. The topological polar surface area (TPSA) is 85.3 Å². The smallest absolute Gasteiger partial charge is 0.300 e. The lowest BCUT2D eigenvalue weighted by molar-refractivity contribution is -0.132. The van der Waals surface area contributed by atoms with Crippen molar-refractivity contribution < 1.29 is 28.9 Å². The number of halogens is 1. The van der Waals surface area contributed by atoms with Crippen LogP contribution in [0.4, 0.5) is 5.69 Å². The summed E-state index contributed by atoms with van der Waals surface area (Å²) in [6.45, 7) is 6.48. The number of benzene rings is 3. The van der Waals surface area contributed by atoms with Crippen LogP contribution in [-0.4, -0.2) is 37.6 Å². The molecule has 1 atom stereocenters. The molecule has 1 amide bonds. The number of nitrogens with zero attached hydrogens (tertiary/aromatic N) is 1. The van der Waals surface area contributed by atoms with Gasteiger partial charge in [0.25, 0.3) is 11.7 Å². The molecule has 8 heteroatoms. The Morgan fingerprint density at radius 1 is 1.00 bits per heavy atom. The van der Waals surface area contributed by atoms with Crippen molar-refractivity contribution >= 4 is 34.7 Å². The zero-order valence-corrected chi connectivity index (χ0v) is 22.7. The highest BCUT2D eigenvalue weighted by molar-refractivity contribution is 6.51. The van der Waals surface area contributed by atoms with Crippen molar-refractivity contribution in [1.82, 2.24) is 0 Å². The van der Waals surface area contributed by atoms with Gasteiger partial charge in [0.2, 0.25) is 0 Å². The Kier molecular flexibility index (Phi) is 7.97. The van der Waals surface area contributed by atoms with Gasteiger partial charge in [0.05, 0.1) is 43.0 Å². The van der Waals surface area contributed by atoms with Crippen molar-refractivity contribution in [2.75, 3.05) is 25.7 Å². The fourth-order valence-electron chi connectivity index (χ4n) is 4.56. The van der Waals surface area contributed by atoms with E-state index >= 15 is 0 Å². The molecule has 0 saturated carbocycles. The maximum atomic E-state index is 13.5. The van der Waals surface area contributed by atoms with Gasteiger partial charge in [0.15, 0.2) is 0 Å². The summed E-state index contributed by atoms with van der Waals surface area (Å²) >= 11 is 6.36. The van der Waals surface area contributed by atoms with Gasteiger partial charge in [-0.1, -0.05) is 55.8 Å². The number of Topliss-reactive ketones (excluding diaryl/α,β-unsaturated/α-hetero) is 1. The molecule has 1 aliphatic heterocycles. The van der Waals surface area contributed by atoms with E-state index < -0.39 is 23.5 Å². The number of amides is 1. The summed E-state index contributed by atoms with van der Waals surface area (Å²) in [5, 5.41) is 11.8. The molecule has 1 saturated heterocycles. The highest BCUT2D eigenvalue weighted by atomic mass is 35.5. The zero-order chi connectivity index (χ0) is 27.6. The molecule has 0 spiro atoms. The van der Waals surface area contributed by atoms with Crippen LogP contribution in [0, 0.1) is 0 Å². The van der Waals surface area contributed by atoms with Crippen molar-refractivity contribution in [2.45, 2.75) is 32.7 Å². The maximum Gasteiger partial charge on any atom is 0.300 e. The van der Waals surface area contributed by atoms with Crippen LogP contribution in [0.15, 0.2) is 66.2 Å². The Bertz CT molecular complexity index is 1400. The number of rotatable bonds is 8. The number of anilines is 1. The fourth-order valence-corrected chi connectivity index (χ4v) is 4.80. The zero-order valence-electron chi connectivity index (χ0n) is 21.9. The van der Waals surface area contributed by atoms with E-state index in [-0.39, 0.29) is 21.9 Å². The Hall–Kier alpha value is -3.97. The van der Waals surface area contributed by atoms with E-state index in [0.29, 0.717) is 35.3 Å². The predicted molar refractivity (Wildman–Crippen MR) is 147 cm³/mol. The number of ether oxygens (including phenoxy) is 3. The summed E-state index contributed by atoms with van der Waals surface area (Å²) in [6, 6.07) is 16.7. The molecule has 1 N–H and O–H groups in total. The lowest BCUT2D eigenvalue weighted by Gasteiger charge is -2.26. The molecule has 0 bridgehead atoms. The van der Waals surface area contributed by atoms with E-state index in [1.54, 1.807) is 24.3 Å². The molecule has 0 radical (unpaired) electrons. The average Bonchev–Trinajstić information content (AvgIpc) is 3.18. The minimum absolute atomic E-state index is 0.0753. The summed E-state index contributed by atoms with van der Waals surface area (Å²) in [5.74, 6) is -0.552. The number of hydrogen-bond acceptors (Lipinski definition) is 6. The van der Waals surface area contributed by atoms with Gasteiger partial charge in [0.1, 0.15) is 23.0 Å². The maximum absolute atomic E-state index is 13.5. The van der Waals surface area contributed by atoms with Gasteiger partial charge in [-0.15, -0.1) is 0 Å². The van der Waals surface area contributed by atoms with Crippen LogP contribution in [0.3, 0.4) is 0 Å². The molecule has 7 nitrogen and oxygen atoms in total. The highest BCUT2D eigenvalue weighted by Crippen LogP contribution is 2.45. The van der Waals surface area contributed by atoms with Crippen molar-refractivity contribution in [2.24, 2.45) is 0 Å². The predicted octanol–water partition coefficient (Wildman–Crippen LogP) is 6.51. The Morgan fingerprint density at radius 2 is 1.68 bits per heavy atom. The summed E-state index contributed by atoms with van der Waals surface area (Å²) in [5.41, 5.74) is 2.33. The Morgan fingerprint density at radius 3 is 2.29 bits per heavy atom.